The zero-order valence-electron chi connectivity index (χ0n) is 47.1. The molecule has 0 aromatic heterocycles. The van der Waals surface area contributed by atoms with Crippen molar-refractivity contribution in [1.82, 2.24) is 0 Å². The predicted molar refractivity (Wildman–Crippen MR) is 312 cm³/mol. The van der Waals surface area contributed by atoms with Gasteiger partial charge in [-0.2, -0.15) is 0 Å². The molecule has 2 unspecified atom stereocenters. The molecule has 0 amide bonds. The number of phosphoric ester groups is 1. The largest absolute Gasteiger partial charge is 0.472 e. The van der Waals surface area contributed by atoms with Crippen molar-refractivity contribution in [3.8, 4) is 0 Å². The van der Waals surface area contributed by atoms with Gasteiger partial charge >= 0.3 is 19.8 Å². The van der Waals surface area contributed by atoms with E-state index in [9.17, 15) is 19.0 Å². The molecule has 73 heavy (non-hydrogen) atoms. The predicted octanol–water partition coefficient (Wildman–Crippen LogP) is 19.1. The van der Waals surface area contributed by atoms with Gasteiger partial charge in [0.25, 0.3) is 0 Å². The number of hydrogen-bond donors (Lipinski definition) is 2. The Balaban J connectivity index is 3.96. The van der Waals surface area contributed by atoms with Gasteiger partial charge in [-0.1, -0.05) is 253 Å². The number of carbonyl (C=O) groups excluding carboxylic acids is 2. The zero-order valence-corrected chi connectivity index (χ0v) is 48.0. The van der Waals surface area contributed by atoms with Gasteiger partial charge in [-0.3, -0.25) is 18.6 Å². The molecule has 3 N–H and O–H groups in total. The number of allylic oxidation sites excluding steroid dienone is 14. The van der Waals surface area contributed by atoms with Crippen LogP contribution in [-0.2, 0) is 32.7 Å². The first kappa shape index (κ1) is 70.2. The average molecular weight is 1040 g/mol. The second-order valence-electron chi connectivity index (χ2n) is 19.8. The maximum atomic E-state index is 12.7. The average Bonchev–Trinajstić information content (AvgIpc) is 3.38. The van der Waals surface area contributed by atoms with Crippen LogP contribution in [0, 0.1) is 0 Å². The van der Waals surface area contributed by atoms with Crippen LogP contribution in [-0.4, -0.2) is 49.3 Å². The first-order chi connectivity index (χ1) is 35.8. The van der Waals surface area contributed by atoms with Gasteiger partial charge in [-0.25, -0.2) is 4.57 Å². The Morgan fingerprint density at radius 2 is 0.753 bits per heavy atom. The summed E-state index contributed by atoms with van der Waals surface area (Å²) in [5.41, 5.74) is 5.38. The van der Waals surface area contributed by atoms with Gasteiger partial charge < -0.3 is 20.1 Å². The van der Waals surface area contributed by atoms with Gasteiger partial charge in [0.05, 0.1) is 13.2 Å². The fraction of sp³-hybridized carbons (Fsp3) is 0.746. The summed E-state index contributed by atoms with van der Waals surface area (Å²) in [6, 6.07) is 0. The molecule has 0 aromatic rings. The van der Waals surface area contributed by atoms with Crippen LogP contribution in [0.3, 0.4) is 0 Å². The van der Waals surface area contributed by atoms with Crippen LogP contribution in [0.1, 0.15) is 271 Å². The second kappa shape index (κ2) is 58.5. The molecule has 0 radical (unpaired) electrons. The minimum Gasteiger partial charge on any atom is -0.462 e. The standard InChI is InChI=1S/C63H112NO8P/c1-3-5-7-9-11-13-15-17-19-21-23-25-26-27-28-29-30-31-32-33-34-36-37-39-41-43-45-47-49-51-53-55-62(65)69-59-61(60-71-73(67,68)70-58-57-64)72-63(66)56-54-52-50-48-46-44-42-40-38-35-24-22-20-18-16-14-12-10-8-6-4-2/h6,8,12,14,18,20-21,23-24,35,40,42,46,48,61H,3-5,7,9-11,13,15-17,19,22,25-34,36-39,41,43-45,47,49-60,64H2,1-2H3,(H,67,68)/b8-6-,14-12-,20-18-,23-21-,35-24-,42-40-,48-46-. The lowest BCUT2D eigenvalue weighted by Gasteiger charge is -2.19. The number of unbranched alkanes of at least 4 members (excludes halogenated alkanes) is 29. The minimum absolute atomic E-state index is 0.0429. The molecule has 0 aliphatic carbocycles. The Morgan fingerprint density at radius 1 is 0.425 bits per heavy atom. The van der Waals surface area contributed by atoms with Gasteiger partial charge in [-0.15, -0.1) is 0 Å². The molecule has 0 bridgehead atoms. The molecule has 0 spiro atoms. The molecule has 10 heteroatoms. The van der Waals surface area contributed by atoms with Crippen molar-refractivity contribution in [3.05, 3.63) is 85.1 Å². The molecule has 0 aromatic carbocycles. The van der Waals surface area contributed by atoms with E-state index in [-0.39, 0.29) is 32.6 Å². The highest BCUT2D eigenvalue weighted by Gasteiger charge is 2.26. The Hall–Kier alpha value is -2.81. The molecule has 0 aliphatic heterocycles. The van der Waals surface area contributed by atoms with Gasteiger partial charge in [0.15, 0.2) is 6.10 Å². The lowest BCUT2D eigenvalue weighted by atomic mass is 10.0. The van der Waals surface area contributed by atoms with Crippen LogP contribution in [0.15, 0.2) is 85.1 Å². The summed E-state index contributed by atoms with van der Waals surface area (Å²) < 4.78 is 33.0. The first-order valence-electron chi connectivity index (χ1n) is 30.1. The first-order valence-corrected chi connectivity index (χ1v) is 31.6. The Kier molecular flexibility index (Phi) is 56.2. The summed E-state index contributed by atoms with van der Waals surface area (Å²) in [4.78, 5) is 35.2. The molecule has 0 rings (SSSR count). The van der Waals surface area contributed by atoms with Gasteiger partial charge in [0, 0.05) is 19.4 Å². The van der Waals surface area contributed by atoms with E-state index in [1.54, 1.807) is 0 Å². The second-order valence-corrected chi connectivity index (χ2v) is 21.3. The molecule has 0 heterocycles. The van der Waals surface area contributed by atoms with Crippen LogP contribution in [0.2, 0.25) is 0 Å². The summed E-state index contributed by atoms with van der Waals surface area (Å²) in [7, 11) is -4.40. The summed E-state index contributed by atoms with van der Waals surface area (Å²) in [5, 5.41) is 0. The highest BCUT2D eigenvalue weighted by atomic mass is 31.2. The Bertz CT molecular complexity index is 1470. The Labute approximate surface area is 449 Å². The maximum Gasteiger partial charge on any atom is 0.472 e. The SMILES string of the molecule is CC/C=C\C/C=C\C/C=C\C/C=C\C/C=C\C/C=C\CCCCC(=O)OC(COC(=O)CCCCCCCCCCCCCCCCCCCCC/C=C\CCCCCCCCCC)COP(=O)(O)OCCN. The van der Waals surface area contributed by atoms with E-state index in [4.69, 9.17) is 24.3 Å². The summed E-state index contributed by atoms with van der Waals surface area (Å²) in [6.07, 6.45) is 76.6. The van der Waals surface area contributed by atoms with Gasteiger partial charge in [-0.05, 0) is 89.9 Å². The normalized spacial score (nSPS) is 13.6. The molecule has 0 fully saturated rings. The van der Waals surface area contributed by atoms with E-state index in [1.807, 2.05) is 0 Å². The number of hydrogen-bond acceptors (Lipinski definition) is 8. The van der Waals surface area contributed by atoms with E-state index >= 15 is 0 Å². The molecule has 0 saturated heterocycles. The van der Waals surface area contributed by atoms with E-state index in [2.05, 4.69) is 98.9 Å². The van der Waals surface area contributed by atoms with Crippen molar-refractivity contribution in [1.29, 1.82) is 0 Å². The van der Waals surface area contributed by atoms with E-state index in [0.29, 0.717) is 6.42 Å². The third-order valence-corrected chi connectivity index (χ3v) is 13.7. The summed E-state index contributed by atoms with van der Waals surface area (Å²) in [5.74, 6) is -0.875. The van der Waals surface area contributed by atoms with Crippen molar-refractivity contribution in [2.45, 2.75) is 277 Å². The molecule has 0 aliphatic rings. The molecule has 2 atom stereocenters. The number of nitrogens with two attached hydrogens (primary N) is 1. The van der Waals surface area contributed by atoms with E-state index < -0.39 is 32.5 Å². The third-order valence-electron chi connectivity index (χ3n) is 12.8. The van der Waals surface area contributed by atoms with Crippen molar-refractivity contribution in [2.24, 2.45) is 5.73 Å². The topological polar surface area (TPSA) is 134 Å². The molecule has 422 valence electrons. The van der Waals surface area contributed by atoms with Crippen LogP contribution in [0.4, 0.5) is 0 Å². The summed E-state index contributed by atoms with van der Waals surface area (Å²) in [6.45, 7) is 3.60. The fourth-order valence-corrected chi connectivity index (χ4v) is 9.11. The minimum atomic E-state index is -4.40. The van der Waals surface area contributed by atoms with Crippen molar-refractivity contribution in [2.75, 3.05) is 26.4 Å². The van der Waals surface area contributed by atoms with E-state index in [1.165, 1.54) is 167 Å². The quantitative estimate of drug-likeness (QED) is 0.0264. The van der Waals surface area contributed by atoms with Gasteiger partial charge in [0.2, 0.25) is 0 Å². The van der Waals surface area contributed by atoms with Crippen LogP contribution < -0.4 is 5.73 Å². The fourth-order valence-electron chi connectivity index (χ4n) is 8.34. The van der Waals surface area contributed by atoms with Gasteiger partial charge in [0.1, 0.15) is 6.61 Å². The maximum absolute atomic E-state index is 12.7. The van der Waals surface area contributed by atoms with Crippen LogP contribution >= 0.6 is 7.82 Å². The van der Waals surface area contributed by atoms with Crippen molar-refractivity contribution >= 4 is 19.8 Å². The highest BCUT2D eigenvalue weighted by Crippen LogP contribution is 2.43. The monoisotopic (exact) mass is 1040 g/mol. The van der Waals surface area contributed by atoms with Crippen LogP contribution in [0.25, 0.3) is 0 Å². The molecule has 0 saturated carbocycles. The Morgan fingerprint density at radius 3 is 1.16 bits per heavy atom. The van der Waals surface area contributed by atoms with Crippen molar-refractivity contribution in [3.63, 3.8) is 0 Å². The zero-order chi connectivity index (χ0) is 53.1. The van der Waals surface area contributed by atoms with Crippen LogP contribution in [0.5, 0.6) is 0 Å². The number of phosphoric acid groups is 1. The lowest BCUT2D eigenvalue weighted by Crippen LogP contribution is -2.29. The third kappa shape index (κ3) is 58.3. The summed E-state index contributed by atoms with van der Waals surface area (Å²) >= 11 is 0. The molecular weight excluding hydrogens is 930 g/mol. The van der Waals surface area contributed by atoms with E-state index in [0.717, 1.165) is 70.6 Å². The molecule has 9 nitrogen and oxygen atoms in total. The number of carbonyl (C=O) groups is 2. The molecular formula is C63H112NO8P. The smallest absolute Gasteiger partial charge is 0.462 e. The number of ether oxygens (including phenoxy) is 2. The van der Waals surface area contributed by atoms with Crippen molar-refractivity contribution < 1.29 is 37.6 Å². The number of esters is 2. The number of rotatable bonds is 56. The highest BCUT2D eigenvalue weighted by molar-refractivity contribution is 7.47. The lowest BCUT2D eigenvalue weighted by molar-refractivity contribution is -0.161.